The van der Waals surface area contributed by atoms with E-state index in [9.17, 15) is 9.59 Å². The van der Waals surface area contributed by atoms with Gasteiger partial charge in [-0.15, -0.1) is 0 Å². The van der Waals surface area contributed by atoms with E-state index in [0.717, 1.165) is 51.4 Å². The Labute approximate surface area is 185 Å². The molecule has 0 saturated carbocycles. The zero-order chi connectivity index (χ0) is 21.3. The number of unbranched alkanes of at least 4 members (excludes halogenated alkanes) is 8. The summed E-state index contributed by atoms with van der Waals surface area (Å²) in [4.78, 5) is 23.4. The molecule has 1 aromatic carbocycles. The first-order valence-electron chi connectivity index (χ1n) is 10.8. The maximum absolute atomic E-state index is 11.8. The molecule has 0 N–H and O–H groups in total. The number of hydrogen-bond donors (Lipinski definition) is 0. The van der Waals surface area contributed by atoms with Crippen molar-refractivity contribution >= 4 is 35.1 Å². The Morgan fingerprint density at radius 2 is 1.38 bits per heavy atom. The van der Waals surface area contributed by atoms with E-state index >= 15 is 0 Å². The summed E-state index contributed by atoms with van der Waals surface area (Å²) in [6, 6.07) is 5.28. The van der Waals surface area contributed by atoms with E-state index < -0.39 is 0 Å². The molecule has 0 unspecified atom stereocenters. The van der Waals surface area contributed by atoms with Crippen molar-refractivity contribution in [1.29, 1.82) is 0 Å². The fourth-order valence-corrected chi connectivity index (χ4v) is 3.30. The van der Waals surface area contributed by atoms with E-state index in [1.807, 2.05) is 0 Å². The highest BCUT2D eigenvalue weighted by atomic mass is 35.5. The highest BCUT2D eigenvalue weighted by molar-refractivity contribution is 6.42. The molecule has 0 amide bonds. The van der Waals surface area contributed by atoms with Crippen LogP contribution in [-0.2, 0) is 25.7 Å². The van der Waals surface area contributed by atoms with E-state index in [4.69, 9.17) is 32.7 Å². The van der Waals surface area contributed by atoms with Crippen molar-refractivity contribution in [3.8, 4) is 0 Å². The monoisotopic (exact) mass is 444 g/mol. The van der Waals surface area contributed by atoms with Gasteiger partial charge in [0.1, 0.15) is 6.61 Å². The van der Waals surface area contributed by atoms with Crippen LogP contribution in [0.3, 0.4) is 0 Å². The smallest absolute Gasteiger partial charge is 0.306 e. The normalized spacial score (nSPS) is 10.7. The van der Waals surface area contributed by atoms with Gasteiger partial charge in [-0.25, -0.2) is 0 Å². The Kier molecular flexibility index (Phi) is 14.7. The van der Waals surface area contributed by atoms with Gasteiger partial charge in [0, 0.05) is 18.4 Å². The molecule has 0 bridgehead atoms. The van der Waals surface area contributed by atoms with Crippen LogP contribution in [0.25, 0.3) is 0 Å². The summed E-state index contributed by atoms with van der Waals surface area (Å²) in [5.74, 6) is -0.299. The number of rotatable bonds is 16. The molecular formula is C23H34Cl2O4. The highest BCUT2D eigenvalue weighted by Crippen LogP contribution is 2.26. The van der Waals surface area contributed by atoms with Gasteiger partial charge in [0.2, 0.25) is 0 Å². The summed E-state index contributed by atoms with van der Waals surface area (Å²) in [7, 11) is 0. The van der Waals surface area contributed by atoms with Gasteiger partial charge in [0.25, 0.3) is 0 Å². The average Bonchev–Trinajstić information content (AvgIpc) is 2.71. The molecule has 1 aromatic rings. The molecule has 4 nitrogen and oxygen atoms in total. The number of benzene rings is 1. The second-order valence-electron chi connectivity index (χ2n) is 7.28. The molecule has 164 valence electrons. The van der Waals surface area contributed by atoms with Crippen molar-refractivity contribution in [1.82, 2.24) is 0 Å². The number of esters is 2. The molecule has 0 spiro atoms. The maximum Gasteiger partial charge on any atom is 0.306 e. The molecule has 0 aliphatic rings. The van der Waals surface area contributed by atoms with Gasteiger partial charge in [-0.3, -0.25) is 9.59 Å². The quantitative estimate of drug-likeness (QED) is 0.198. The van der Waals surface area contributed by atoms with E-state index in [1.54, 1.807) is 18.2 Å². The van der Waals surface area contributed by atoms with Crippen LogP contribution >= 0.6 is 23.2 Å². The van der Waals surface area contributed by atoms with Crippen LogP contribution in [0.2, 0.25) is 10.0 Å². The van der Waals surface area contributed by atoms with Crippen molar-refractivity contribution in [3.05, 3.63) is 33.8 Å². The van der Waals surface area contributed by atoms with Crippen molar-refractivity contribution in [2.45, 2.75) is 90.6 Å². The zero-order valence-corrected chi connectivity index (χ0v) is 19.0. The minimum Gasteiger partial charge on any atom is -0.466 e. The topological polar surface area (TPSA) is 52.6 Å². The standard InChI is InChI=1S/C23H34Cl2O4/c1-2-3-4-11-17-28-21(26)15-9-7-5-6-8-10-16-22(27)29-18-19-13-12-14-20(24)23(19)25/h12-14H,2-11,15-18H2,1H3. The van der Waals surface area contributed by atoms with E-state index in [1.165, 1.54) is 12.8 Å². The number of carbonyl (C=O) groups excluding carboxylic acids is 2. The molecule has 0 atom stereocenters. The molecule has 0 radical (unpaired) electrons. The SMILES string of the molecule is CCCCCCOC(=O)CCCCCCCCC(=O)OCc1cccc(Cl)c1Cl. The van der Waals surface area contributed by atoms with E-state index in [-0.39, 0.29) is 18.5 Å². The largest absolute Gasteiger partial charge is 0.466 e. The Balaban J connectivity index is 1.94. The van der Waals surface area contributed by atoms with Crippen LogP contribution in [-0.4, -0.2) is 18.5 Å². The van der Waals surface area contributed by atoms with Gasteiger partial charge in [-0.05, 0) is 25.3 Å². The fraction of sp³-hybridized carbons (Fsp3) is 0.652. The molecule has 0 aromatic heterocycles. The second kappa shape index (κ2) is 16.5. The lowest BCUT2D eigenvalue weighted by molar-refractivity contribution is -0.145. The Hall–Kier alpha value is -1.26. The average molecular weight is 445 g/mol. The summed E-state index contributed by atoms with van der Waals surface area (Å²) in [6.45, 7) is 2.86. The molecular weight excluding hydrogens is 411 g/mol. The molecule has 0 aliphatic heterocycles. The van der Waals surface area contributed by atoms with Gasteiger partial charge in [-0.1, -0.05) is 87.2 Å². The van der Waals surface area contributed by atoms with Gasteiger partial charge < -0.3 is 9.47 Å². The van der Waals surface area contributed by atoms with Gasteiger partial charge in [0.05, 0.1) is 16.7 Å². The first-order valence-corrected chi connectivity index (χ1v) is 11.5. The van der Waals surface area contributed by atoms with Crippen LogP contribution in [0.5, 0.6) is 0 Å². The molecule has 0 saturated heterocycles. The summed E-state index contributed by atoms with van der Waals surface area (Å²) < 4.78 is 10.5. The Bertz CT molecular complexity index is 605. The number of ether oxygens (including phenoxy) is 2. The lowest BCUT2D eigenvalue weighted by Gasteiger charge is -2.07. The highest BCUT2D eigenvalue weighted by Gasteiger charge is 2.08. The van der Waals surface area contributed by atoms with E-state index in [2.05, 4.69) is 6.92 Å². The maximum atomic E-state index is 11.8. The van der Waals surface area contributed by atoms with Gasteiger partial charge >= 0.3 is 11.9 Å². The predicted octanol–water partition coefficient (Wildman–Crippen LogP) is 7.28. The van der Waals surface area contributed by atoms with Crippen LogP contribution in [0.15, 0.2) is 18.2 Å². The first-order chi connectivity index (χ1) is 14.0. The van der Waals surface area contributed by atoms with Gasteiger partial charge in [-0.2, -0.15) is 0 Å². The third kappa shape index (κ3) is 12.8. The zero-order valence-electron chi connectivity index (χ0n) is 17.5. The number of hydrogen-bond acceptors (Lipinski definition) is 4. The van der Waals surface area contributed by atoms with Crippen LogP contribution in [0.1, 0.15) is 89.5 Å². The Morgan fingerprint density at radius 3 is 2.03 bits per heavy atom. The Morgan fingerprint density at radius 1 is 0.793 bits per heavy atom. The van der Waals surface area contributed by atoms with E-state index in [0.29, 0.717) is 35.1 Å². The first kappa shape index (κ1) is 25.8. The molecule has 0 aliphatic carbocycles. The fourth-order valence-electron chi connectivity index (χ4n) is 2.92. The van der Waals surface area contributed by atoms with Crippen LogP contribution in [0.4, 0.5) is 0 Å². The lowest BCUT2D eigenvalue weighted by atomic mass is 10.1. The molecule has 0 fully saturated rings. The van der Waals surface area contributed by atoms with Gasteiger partial charge in [0.15, 0.2) is 0 Å². The minimum atomic E-state index is -0.220. The molecule has 0 heterocycles. The number of halogens is 2. The van der Waals surface area contributed by atoms with Crippen molar-refractivity contribution in [3.63, 3.8) is 0 Å². The summed E-state index contributed by atoms with van der Waals surface area (Å²) in [5, 5.41) is 0.891. The molecule has 1 rings (SSSR count). The third-order valence-corrected chi connectivity index (χ3v) is 5.55. The molecule has 29 heavy (non-hydrogen) atoms. The van der Waals surface area contributed by atoms with Crippen LogP contribution < -0.4 is 0 Å². The lowest BCUT2D eigenvalue weighted by Crippen LogP contribution is -2.05. The van der Waals surface area contributed by atoms with Crippen molar-refractivity contribution in [2.75, 3.05) is 6.61 Å². The summed E-state index contributed by atoms with van der Waals surface area (Å²) in [6.07, 6.45) is 11.2. The van der Waals surface area contributed by atoms with Crippen molar-refractivity contribution < 1.29 is 19.1 Å². The summed E-state index contributed by atoms with van der Waals surface area (Å²) in [5.41, 5.74) is 0.715. The van der Waals surface area contributed by atoms with Crippen molar-refractivity contribution in [2.24, 2.45) is 0 Å². The second-order valence-corrected chi connectivity index (χ2v) is 8.06. The number of carbonyl (C=O) groups is 2. The van der Waals surface area contributed by atoms with Crippen LogP contribution in [0, 0.1) is 0 Å². The predicted molar refractivity (Wildman–Crippen MR) is 118 cm³/mol. The minimum absolute atomic E-state index is 0.0796. The summed E-state index contributed by atoms with van der Waals surface area (Å²) >= 11 is 12.0. The third-order valence-electron chi connectivity index (χ3n) is 4.69. The molecule has 6 heteroatoms.